The number of anilines is 1. The summed E-state index contributed by atoms with van der Waals surface area (Å²) in [7, 11) is 0. The number of nitriles is 1. The Balaban J connectivity index is 2.11. The van der Waals surface area contributed by atoms with Crippen molar-refractivity contribution in [2.75, 3.05) is 5.73 Å². The third-order valence-corrected chi connectivity index (χ3v) is 2.34. The minimum absolute atomic E-state index is 0.399. The van der Waals surface area contributed by atoms with E-state index in [-0.39, 0.29) is 0 Å². The summed E-state index contributed by atoms with van der Waals surface area (Å²) in [5.74, 6) is -0.0597. The summed E-state index contributed by atoms with van der Waals surface area (Å²) in [4.78, 5) is 11.8. The van der Waals surface area contributed by atoms with Gasteiger partial charge in [0.05, 0.1) is 17.2 Å². The van der Waals surface area contributed by atoms with Crippen LogP contribution in [-0.4, -0.2) is 5.97 Å². The minimum atomic E-state index is -0.459. The Bertz CT molecular complexity index is 595. The highest BCUT2D eigenvalue weighted by molar-refractivity contribution is 5.91. The second kappa shape index (κ2) is 5.02. The lowest BCUT2D eigenvalue weighted by molar-refractivity contribution is 0.0735. The second-order valence-electron chi connectivity index (χ2n) is 3.65. The zero-order valence-electron chi connectivity index (χ0n) is 9.46. The van der Waals surface area contributed by atoms with Crippen LogP contribution in [0.25, 0.3) is 0 Å². The largest absolute Gasteiger partial charge is 0.423 e. The summed E-state index contributed by atoms with van der Waals surface area (Å²) in [5.41, 5.74) is 7.06. The van der Waals surface area contributed by atoms with Gasteiger partial charge >= 0.3 is 5.97 Å². The summed E-state index contributed by atoms with van der Waals surface area (Å²) >= 11 is 0. The van der Waals surface area contributed by atoms with Crippen LogP contribution >= 0.6 is 0 Å². The standard InChI is InChI=1S/C14H10N2O2/c15-9-10-1-7-13(8-2-10)18-14(17)11-3-5-12(16)6-4-11/h1-8H,16H2. The summed E-state index contributed by atoms with van der Waals surface area (Å²) in [6, 6.07) is 14.8. The third kappa shape index (κ3) is 2.66. The summed E-state index contributed by atoms with van der Waals surface area (Å²) in [6.07, 6.45) is 0. The molecule has 2 aromatic carbocycles. The molecule has 0 atom stereocenters. The van der Waals surface area contributed by atoms with Crippen LogP contribution in [0, 0.1) is 11.3 Å². The molecule has 0 aliphatic carbocycles. The van der Waals surface area contributed by atoms with Gasteiger partial charge in [-0.2, -0.15) is 5.26 Å². The Morgan fingerprint density at radius 3 is 2.22 bits per heavy atom. The molecule has 2 N–H and O–H groups in total. The Labute approximate surface area is 104 Å². The van der Waals surface area contributed by atoms with Crippen molar-refractivity contribution in [1.82, 2.24) is 0 Å². The van der Waals surface area contributed by atoms with Crippen LogP contribution in [0.3, 0.4) is 0 Å². The van der Waals surface area contributed by atoms with Crippen molar-refractivity contribution in [3.63, 3.8) is 0 Å². The molecule has 0 saturated heterocycles. The fraction of sp³-hybridized carbons (Fsp3) is 0. The Kier molecular flexibility index (Phi) is 3.26. The van der Waals surface area contributed by atoms with Gasteiger partial charge in [-0.3, -0.25) is 0 Å². The zero-order valence-corrected chi connectivity index (χ0v) is 9.46. The Morgan fingerprint density at radius 2 is 1.67 bits per heavy atom. The van der Waals surface area contributed by atoms with Gasteiger partial charge < -0.3 is 10.5 Å². The lowest BCUT2D eigenvalue weighted by atomic mass is 10.2. The molecular formula is C14H10N2O2. The first-order valence-corrected chi connectivity index (χ1v) is 5.27. The van der Waals surface area contributed by atoms with Crippen LogP contribution in [0.2, 0.25) is 0 Å². The maximum absolute atomic E-state index is 11.8. The van der Waals surface area contributed by atoms with Crippen molar-refractivity contribution in [3.05, 3.63) is 59.7 Å². The first-order chi connectivity index (χ1) is 8.69. The molecule has 18 heavy (non-hydrogen) atoms. The maximum atomic E-state index is 11.8. The number of benzene rings is 2. The van der Waals surface area contributed by atoms with Crippen LogP contribution < -0.4 is 10.5 Å². The van der Waals surface area contributed by atoms with Crippen LogP contribution in [0.15, 0.2) is 48.5 Å². The molecule has 0 aliphatic heterocycles. The van der Waals surface area contributed by atoms with E-state index >= 15 is 0 Å². The average Bonchev–Trinajstić information content (AvgIpc) is 2.40. The number of ether oxygens (including phenoxy) is 1. The van der Waals surface area contributed by atoms with Gasteiger partial charge in [-0.15, -0.1) is 0 Å². The third-order valence-electron chi connectivity index (χ3n) is 2.34. The molecule has 0 aromatic heterocycles. The van der Waals surface area contributed by atoms with E-state index in [1.165, 1.54) is 0 Å². The van der Waals surface area contributed by atoms with Crippen LogP contribution in [0.4, 0.5) is 5.69 Å². The molecule has 0 amide bonds. The average molecular weight is 238 g/mol. The normalized spacial score (nSPS) is 9.50. The van der Waals surface area contributed by atoms with Crippen molar-refractivity contribution in [3.8, 4) is 11.8 Å². The molecule has 0 radical (unpaired) electrons. The molecule has 4 heteroatoms. The van der Waals surface area contributed by atoms with Gasteiger partial charge in [0.15, 0.2) is 0 Å². The molecule has 4 nitrogen and oxygen atoms in total. The van der Waals surface area contributed by atoms with Crippen molar-refractivity contribution in [2.24, 2.45) is 0 Å². The number of carbonyl (C=O) groups excluding carboxylic acids is 1. The lowest BCUT2D eigenvalue weighted by Crippen LogP contribution is -2.08. The van der Waals surface area contributed by atoms with Gasteiger partial charge in [0.25, 0.3) is 0 Å². The smallest absolute Gasteiger partial charge is 0.343 e. The number of esters is 1. The Morgan fingerprint density at radius 1 is 1.06 bits per heavy atom. The molecule has 0 unspecified atom stereocenters. The summed E-state index contributed by atoms with van der Waals surface area (Å²) < 4.78 is 5.15. The monoisotopic (exact) mass is 238 g/mol. The van der Waals surface area contributed by atoms with Crippen molar-refractivity contribution >= 4 is 11.7 Å². The van der Waals surface area contributed by atoms with E-state index in [9.17, 15) is 4.79 Å². The fourth-order valence-electron chi connectivity index (χ4n) is 1.38. The number of hydrogen-bond donors (Lipinski definition) is 1. The second-order valence-corrected chi connectivity index (χ2v) is 3.65. The zero-order chi connectivity index (χ0) is 13.0. The fourth-order valence-corrected chi connectivity index (χ4v) is 1.38. The van der Waals surface area contributed by atoms with Gasteiger partial charge in [0.1, 0.15) is 5.75 Å². The highest BCUT2D eigenvalue weighted by Gasteiger charge is 2.07. The minimum Gasteiger partial charge on any atom is -0.423 e. The van der Waals surface area contributed by atoms with Crippen LogP contribution in [-0.2, 0) is 0 Å². The number of nitrogen functional groups attached to an aromatic ring is 1. The van der Waals surface area contributed by atoms with Crippen LogP contribution in [0.5, 0.6) is 5.75 Å². The topological polar surface area (TPSA) is 76.1 Å². The summed E-state index contributed by atoms with van der Waals surface area (Å²) in [5, 5.41) is 8.64. The first kappa shape index (κ1) is 11.7. The van der Waals surface area contributed by atoms with Gasteiger partial charge in [0, 0.05) is 5.69 Å². The SMILES string of the molecule is N#Cc1ccc(OC(=O)c2ccc(N)cc2)cc1. The summed E-state index contributed by atoms with van der Waals surface area (Å²) in [6.45, 7) is 0. The molecule has 0 fully saturated rings. The molecule has 88 valence electrons. The number of nitrogens with zero attached hydrogens (tertiary/aromatic N) is 1. The predicted octanol–water partition coefficient (Wildman–Crippen LogP) is 2.36. The van der Waals surface area contributed by atoms with Gasteiger partial charge in [-0.25, -0.2) is 4.79 Å². The van der Waals surface area contributed by atoms with E-state index in [0.717, 1.165) is 0 Å². The molecule has 2 aromatic rings. The lowest BCUT2D eigenvalue weighted by Gasteiger charge is -2.04. The molecule has 0 aliphatic rings. The van der Waals surface area contributed by atoms with Crippen molar-refractivity contribution in [2.45, 2.75) is 0 Å². The number of nitrogens with two attached hydrogens (primary N) is 1. The number of rotatable bonds is 2. The van der Waals surface area contributed by atoms with E-state index in [4.69, 9.17) is 15.7 Å². The molecule has 0 saturated carbocycles. The Hall–Kier alpha value is -2.80. The quantitative estimate of drug-likeness (QED) is 0.495. The molecule has 0 spiro atoms. The molecule has 0 bridgehead atoms. The highest BCUT2D eigenvalue weighted by atomic mass is 16.5. The van der Waals surface area contributed by atoms with E-state index in [1.54, 1.807) is 48.5 Å². The molecule has 2 rings (SSSR count). The number of hydrogen-bond acceptors (Lipinski definition) is 4. The van der Waals surface area contributed by atoms with Gasteiger partial charge in [0.2, 0.25) is 0 Å². The van der Waals surface area contributed by atoms with E-state index in [2.05, 4.69) is 0 Å². The van der Waals surface area contributed by atoms with E-state index < -0.39 is 5.97 Å². The molecular weight excluding hydrogens is 228 g/mol. The number of carbonyl (C=O) groups is 1. The first-order valence-electron chi connectivity index (χ1n) is 5.27. The molecule has 0 heterocycles. The van der Waals surface area contributed by atoms with Gasteiger partial charge in [-0.05, 0) is 48.5 Å². The van der Waals surface area contributed by atoms with Crippen molar-refractivity contribution < 1.29 is 9.53 Å². The van der Waals surface area contributed by atoms with Gasteiger partial charge in [-0.1, -0.05) is 0 Å². The predicted molar refractivity (Wildman–Crippen MR) is 67.0 cm³/mol. The van der Waals surface area contributed by atoms with Crippen LogP contribution in [0.1, 0.15) is 15.9 Å². The maximum Gasteiger partial charge on any atom is 0.343 e. The van der Waals surface area contributed by atoms with Crippen molar-refractivity contribution in [1.29, 1.82) is 5.26 Å². The van der Waals surface area contributed by atoms with E-state index in [1.807, 2.05) is 6.07 Å². The van der Waals surface area contributed by atoms with E-state index in [0.29, 0.717) is 22.6 Å². The highest BCUT2D eigenvalue weighted by Crippen LogP contribution is 2.14.